The zero-order valence-electron chi connectivity index (χ0n) is 10.0. The average Bonchev–Trinajstić information content (AvgIpc) is 2.45. The minimum absolute atomic E-state index is 0.447. The summed E-state index contributed by atoms with van der Waals surface area (Å²) in [5, 5.41) is 0. The van der Waals surface area contributed by atoms with E-state index >= 15 is 0 Å². The predicted molar refractivity (Wildman–Crippen MR) is 66.5 cm³/mol. The van der Waals surface area contributed by atoms with Gasteiger partial charge in [0.1, 0.15) is 5.78 Å². The molecule has 15 heavy (non-hydrogen) atoms. The number of allylic oxidation sites excluding steroid dienone is 3. The van der Waals surface area contributed by atoms with Gasteiger partial charge in [0, 0.05) is 12.8 Å². The van der Waals surface area contributed by atoms with Gasteiger partial charge in [-0.1, -0.05) is 36.5 Å². The fourth-order valence-corrected chi connectivity index (χ4v) is 3.98. The summed E-state index contributed by atoms with van der Waals surface area (Å²) in [6, 6.07) is 0. The average molecular weight is 220 g/mol. The molecule has 0 N–H and O–H groups in total. The predicted octanol–water partition coefficient (Wildman–Crippen LogP) is 3.63. The SMILES string of the molecule is C[Si](C)(C)/C=C1\CCC2=C1CCC(=O)C2. The van der Waals surface area contributed by atoms with Crippen LogP contribution in [0.2, 0.25) is 19.6 Å². The zero-order chi connectivity index (χ0) is 11.1. The van der Waals surface area contributed by atoms with Gasteiger partial charge >= 0.3 is 0 Å². The van der Waals surface area contributed by atoms with Gasteiger partial charge in [0.25, 0.3) is 0 Å². The monoisotopic (exact) mass is 220 g/mol. The Kier molecular flexibility index (Phi) is 2.71. The van der Waals surface area contributed by atoms with Crippen molar-refractivity contribution in [2.75, 3.05) is 0 Å². The third-order valence-electron chi connectivity index (χ3n) is 3.18. The smallest absolute Gasteiger partial charge is 0.137 e. The maximum absolute atomic E-state index is 11.4. The minimum Gasteiger partial charge on any atom is -0.299 e. The summed E-state index contributed by atoms with van der Waals surface area (Å²) in [5.74, 6) is 0.447. The molecular weight excluding hydrogens is 200 g/mol. The van der Waals surface area contributed by atoms with Crippen molar-refractivity contribution in [1.29, 1.82) is 0 Å². The molecule has 0 aromatic heterocycles. The summed E-state index contributed by atoms with van der Waals surface area (Å²) in [6.07, 6.45) is 4.89. The molecule has 0 atom stereocenters. The molecule has 0 radical (unpaired) electrons. The number of carbonyl (C=O) groups excluding carboxylic acids is 1. The van der Waals surface area contributed by atoms with Crippen LogP contribution in [0.5, 0.6) is 0 Å². The highest BCUT2D eigenvalue weighted by molar-refractivity contribution is 6.81. The first-order valence-electron chi connectivity index (χ1n) is 5.90. The topological polar surface area (TPSA) is 17.1 Å². The van der Waals surface area contributed by atoms with E-state index in [0.29, 0.717) is 5.78 Å². The molecule has 2 aliphatic rings. The Balaban J connectivity index is 2.26. The Bertz CT molecular complexity index is 355. The molecule has 0 fully saturated rings. The third-order valence-corrected chi connectivity index (χ3v) is 4.40. The standard InChI is InChI=1S/C13H20OSi/c1-15(2,3)9-11-5-4-10-8-12(14)6-7-13(10)11/h9H,4-8H2,1-3H3/b11-9+. The second kappa shape index (κ2) is 3.74. The maximum Gasteiger partial charge on any atom is 0.137 e. The first-order valence-corrected chi connectivity index (χ1v) is 9.48. The Hall–Kier alpha value is -0.633. The van der Waals surface area contributed by atoms with E-state index in [9.17, 15) is 4.79 Å². The molecule has 2 aliphatic carbocycles. The molecule has 0 aromatic rings. The summed E-state index contributed by atoms with van der Waals surface area (Å²) in [7, 11) is -1.10. The second-order valence-corrected chi connectivity index (χ2v) is 10.9. The molecule has 0 amide bonds. The number of hydrogen-bond acceptors (Lipinski definition) is 1. The lowest BCUT2D eigenvalue weighted by Gasteiger charge is -2.17. The first kappa shape index (κ1) is 10.9. The second-order valence-electron chi connectivity index (χ2n) is 5.83. The van der Waals surface area contributed by atoms with Crippen LogP contribution in [-0.4, -0.2) is 13.9 Å². The first-order chi connectivity index (χ1) is 6.96. The third kappa shape index (κ3) is 2.48. The van der Waals surface area contributed by atoms with Gasteiger partial charge < -0.3 is 0 Å². The van der Waals surface area contributed by atoms with Crippen molar-refractivity contribution >= 4 is 13.9 Å². The summed E-state index contributed by atoms with van der Waals surface area (Å²) in [6.45, 7) is 7.14. The molecule has 0 heterocycles. The quantitative estimate of drug-likeness (QED) is 0.617. The van der Waals surface area contributed by atoms with Crippen molar-refractivity contribution in [3.05, 3.63) is 22.4 Å². The highest BCUT2D eigenvalue weighted by Gasteiger charge is 2.26. The van der Waals surface area contributed by atoms with Gasteiger partial charge in [-0.3, -0.25) is 4.79 Å². The Morgan fingerprint density at radius 3 is 2.47 bits per heavy atom. The van der Waals surface area contributed by atoms with Gasteiger partial charge in [-0.25, -0.2) is 0 Å². The van der Waals surface area contributed by atoms with Crippen LogP contribution >= 0.6 is 0 Å². The normalized spacial score (nSPS) is 25.0. The van der Waals surface area contributed by atoms with E-state index in [1.807, 2.05) is 0 Å². The summed E-state index contributed by atoms with van der Waals surface area (Å²) >= 11 is 0. The molecule has 1 nitrogen and oxygen atoms in total. The van der Waals surface area contributed by atoms with Crippen LogP contribution in [0.3, 0.4) is 0 Å². The van der Waals surface area contributed by atoms with Crippen molar-refractivity contribution in [3.8, 4) is 0 Å². The van der Waals surface area contributed by atoms with Crippen LogP contribution in [0.25, 0.3) is 0 Å². The summed E-state index contributed by atoms with van der Waals surface area (Å²) in [4.78, 5) is 11.4. The van der Waals surface area contributed by atoms with Gasteiger partial charge in [0.15, 0.2) is 0 Å². The lowest BCUT2D eigenvalue weighted by Crippen LogP contribution is -2.17. The van der Waals surface area contributed by atoms with Crippen LogP contribution in [0.4, 0.5) is 0 Å². The molecule has 0 aromatic carbocycles. The molecule has 82 valence electrons. The van der Waals surface area contributed by atoms with Crippen LogP contribution in [-0.2, 0) is 4.79 Å². The van der Waals surface area contributed by atoms with Gasteiger partial charge in [-0.15, -0.1) is 0 Å². The zero-order valence-corrected chi connectivity index (χ0v) is 11.0. The summed E-state index contributed by atoms with van der Waals surface area (Å²) in [5.41, 5.74) is 7.12. The largest absolute Gasteiger partial charge is 0.299 e. The van der Waals surface area contributed by atoms with E-state index in [0.717, 1.165) is 25.7 Å². The van der Waals surface area contributed by atoms with Crippen LogP contribution in [0.15, 0.2) is 22.4 Å². The van der Waals surface area contributed by atoms with E-state index in [4.69, 9.17) is 0 Å². The maximum atomic E-state index is 11.4. The van der Waals surface area contributed by atoms with Gasteiger partial charge in [-0.2, -0.15) is 0 Å². The van der Waals surface area contributed by atoms with E-state index in [-0.39, 0.29) is 0 Å². The van der Waals surface area contributed by atoms with E-state index < -0.39 is 8.07 Å². The van der Waals surface area contributed by atoms with E-state index in [1.165, 1.54) is 12.0 Å². The molecule has 0 bridgehead atoms. The van der Waals surface area contributed by atoms with Gasteiger partial charge in [0.2, 0.25) is 0 Å². The van der Waals surface area contributed by atoms with E-state index in [2.05, 4.69) is 25.3 Å². The lowest BCUT2D eigenvalue weighted by molar-refractivity contribution is -0.118. The molecular formula is C13H20OSi. The number of hydrogen-bond donors (Lipinski definition) is 0. The van der Waals surface area contributed by atoms with Crippen LogP contribution in [0.1, 0.15) is 32.1 Å². The van der Waals surface area contributed by atoms with Crippen molar-refractivity contribution in [1.82, 2.24) is 0 Å². The number of Topliss-reactive ketones (excluding diaryl/α,β-unsaturated/α-hetero) is 1. The van der Waals surface area contributed by atoms with Crippen LogP contribution < -0.4 is 0 Å². The minimum atomic E-state index is -1.10. The van der Waals surface area contributed by atoms with Crippen molar-refractivity contribution in [2.24, 2.45) is 0 Å². The number of ketones is 1. The molecule has 0 unspecified atom stereocenters. The number of rotatable bonds is 1. The Morgan fingerprint density at radius 2 is 1.80 bits per heavy atom. The van der Waals surface area contributed by atoms with Crippen molar-refractivity contribution in [2.45, 2.75) is 51.7 Å². The van der Waals surface area contributed by atoms with E-state index in [1.54, 1.807) is 11.1 Å². The van der Waals surface area contributed by atoms with Gasteiger partial charge in [0.05, 0.1) is 8.07 Å². The molecule has 0 spiro atoms. The molecule has 0 saturated carbocycles. The molecule has 0 aliphatic heterocycles. The lowest BCUT2D eigenvalue weighted by atomic mass is 9.92. The summed E-state index contributed by atoms with van der Waals surface area (Å²) < 4.78 is 0. The molecule has 0 saturated heterocycles. The number of carbonyl (C=O) groups is 1. The Morgan fingerprint density at radius 1 is 1.07 bits per heavy atom. The van der Waals surface area contributed by atoms with Crippen molar-refractivity contribution < 1.29 is 4.79 Å². The highest BCUT2D eigenvalue weighted by Crippen LogP contribution is 2.40. The fraction of sp³-hybridized carbons (Fsp3) is 0.615. The molecule has 2 rings (SSSR count). The van der Waals surface area contributed by atoms with Crippen molar-refractivity contribution in [3.63, 3.8) is 0 Å². The highest BCUT2D eigenvalue weighted by atomic mass is 28.3. The fourth-order valence-electron chi connectivity index (χ4n) is 2.62. The van der Waals surface area contributed by atoms with Crippen LogP contribution in [0, 0.1) is 0 Å². The Labute approximate surface area is 93.3 Å². The van der Waals surface area contributed by atoms with Gasteiger partial charge in [-0.05, 0) is 24.8 Å². The molecule has 2 heteroatoms.